The summed E-state index contributed by atoms with van der Waals surface area (Å²) in [7, 11) is 1.83. The van der Waals surface area contributed by atoms with Crippen LogP contribution in [0.3, 0.4) is 0 Å². The number of amidine groups is 1. The third kappa shape index (κ3) is 2.26. The van der Waals surface area contributed by atoms with Crippen LogP contribution in [0.2, 0.25) is 0 Å². The topological polar surface area (TPSA) is 70.8 Å². The SMILES string of the molecule is CC1=Nc2nc(N3CCOCC3)nn2C(=S)N(C)N1. The Morgan fingerprint density at radius 3 is 2.79 bits per heavy atom. The molecule has 3 rings (SSSR count). The van der Waals surface area contributed by atoms with Crippen LogP contribution < -0.4 is 10.3 Å². The number of aliphatic imine (C=N–C) groups is 1. The van der Waals surface area contributed by atoms with Crippen LogP contribution >= 0.6 is 12.2 Å². The zero-order chi connectivity index (χ0) is 13.4. The summed E-state index contributed by atoms with van der Waals surface area (Å²) in [4.78, 5) is 10.9. The Morgan fingerprint density at radius 2 is 2.05 bits per heavy atom. The van der Waals surface area contributed by atoms with E-state index in [1.807, 2.05) is 14.0 Å². The predicted octanol–water partition coefficient (Wildman–Crippen LogP) is -0.252. The van der Waals surface area contributed by atoms with Gasteiger partial charge < -0.3 is 9.64 Å². The van der Waals surface area contributed by atoms with Crippen molar-refractivity contribution < 1.29 is 4.74 Å². The predicted molar refractivity (Wildman–Crippen MR) is 74.7 cm³/mol. The van der Waals surface area contributed by atoms with Crippen molar-refractivity contribution in [3.05, 3.63) is 0 Å². The Labute approximate surface area is 116 Å². The molecule has 0 unspecified atom stereocenters. The third-order valence-electron chi connectivity index (χ3n) is 2.94. The van der Waals surface area contributed by atoms with E-state index >= 15 is 0 Å². The van der Waals surface area contributed by atoms with Crippen molar-refractivity contribution in [2.75, 3.05) is 38.3 Å². The second kappa shape index (κ2) is 4.74. The molecule has 102 valence electrons. The maximum absolute atomic E-state index is 5.34. The largest absolute Gasteiger partial charge is 0.378 e. The number of hydrazine groups is 1. The van der Waals surface area contributed by atoms with Crippen molar-refractivity contribution in [1.29, 1.82) is 0 Å². The molecule has 0 saturated carbocycles. The van der Waals surface area contributed by atoms with Crippen LogP contribution in [0.5, 0.6) is 0 Å². The molecule has 0 amide bonds. The van der Waals surface area contributed by atoms with Gasteiger partial charge in [0.2, 0.25) is 11.1 Å². The molecule has 1 aromatic rings. The summed E-state index contributed by atoms with van der Waals surface area (Å²) in [5.41, 5.74) is 3.03. The smallest absolute Gasteiger partial charge is 0.258 e. The minimum Gasteiger partial charge on any atom is -0.378 e. The van der Waals surface area contributed by atoms with Crippen molar-refractivity contribution in [2.45, 2.75) is 6.92 Å². The highest BCUT2D eigenvalue weighted by molar-refractivity contribution is 7.80. The van der Waals surface area contributed by atoms with E-state index in [2.05, 4.69) is 25.4 Å². The van der Waals surface area contributed by atoms with Gasteiger partial charge in [0.15, 0.2) is 0 Å². The number of aromatic nitrogens is 3. The van der Waals surface area contributed by atoms with Gasteiger partial charge in [-0.1, -0.05) is 0 Å². The molecule has 0 bridgehead atoms. The molecular weight excluding hydrogens is 266 g/mol. The van der Waals surface area contributed by atoms with Crippen LogP contribution in [0.25, 0.3) is 0 Å². The Hall–Kier alpha value is -1.74. The van der Waals surface area contributed by atoms with Crippen LogP contribution in [0, 0.1) is 0 Å². The van der Waals surface area contributed by atoms with Crippen molar-refractivity contribution in [1.82, 2.24) is 25.2 Å². The molecule has 0 radical (unpaired) electrons. The summed E-state index contributed by atoms with van der Waals surface area (Å²) in [5, 5.41) is 6.66. The second-order valence-electron chi connectivity index (χ2n) is 4.37. The number of ether oxygens (including phenoxy) is 1. The summed E-state index contributed by atoms with van der Waals surface area (Å²) in [6, 6.07) is 0. The van der Waals surface area contributed by atoms with Crippen molar-refractivity contribution in [3.8, 4) is 0 Å². The first kappa shape index (κ1) is 12.3. The number of anilines is 1. The number of thiocarbonyl (C=S) groups is 1. The Balaban J connectivity index is 1.96. The Morgan fingerprint density at radius 1 is 1.32 bits per heavy atom. The fourth-order valence-electron chi connectivity index (χ4n) is 2.00. The molecule has 3 heterocycles. The normalized spacial score (nSPS) is 19.7. The molecule has 8 nitrogen and oxygen atoms in total. The van der Waals surface area contributed by atoms with Gasteiger partial charge in [-0.25, -0.2) is 0 Å². The third-order valence-corrected chi connectivity index (χ3v) is 3.38. The minimum atomic E-state index is 0.501. The van der Waals surface area contributed by atoms with E-state index in [9.17, 15) is 0 Å². The van der Waals surface area contributed by atoms with Gasteiger partial charge in [0.1, 0.15) is 5.84 Å². The standard InChI is InChI=1S/C10H15N7OS/c1-7-11-8-12-9(16-3-5-18-6-4-16)14-17(8)10(19)15(2)13-7/h3-6H2,1-2H3,(H,11,12,13,14). The van der Waals surface area contributed by atoms with E-state index in [1.165, 1.54) is 0 Å². The van der Waals surface area contributed by atoms with E-state index in [-0.39, 0.29) is 0 Å². The van der Waals surface area contributed by atoms with Gasteiger partial charge in [-0.15, -0.1) is 5.10 Å². The van der Waals surface area contributed by atoms with Crippen LogP contribution in [-0.2, 0) is 4.74 Å². The Kier molecular flexibility index (Phi) is 3.07. The monoisotopic (exact) mass is 281 g/mol. The van der Waals surface area contributed by atoms with Crippen molar-refractivity contribution in [2.24, 2.45) is 4.99 Å². The first-order chi connectivity index (χ1) is 9.15. The molecule has 0 aliphatic carbocycles. The average molecular weight is 281 g/mol. The quantitative estimate of drug-likeness (QED) is 0.712. The number of rotatable bonds is 1. The number of fused-ring (bicyclic) bond motifs is 1. The number of hydrogen-bond donors (Lipinski definition) is 1. The lowest BCUT2D eigenvalue weighted by Gasteiger charge is -2.25. The summed E-state index contributed by atoms with van der Waals surface area (Å²) >= 11 is 5.34. The minimum absolute atomic E-state index is 0.501. The lowest BCUT2D eigenvalue weighted by atomic mass is 10.4. The van der Waals surface area contributed by atoms with Gasteiger partial charge in [-0.2, -0.15) is 14.7 Å². The highest BCUT2D eigenvalue weighted by Gasteiger charge is 2.23. The van der Waals surface area contributed by atoms with Crippen LogP contribution in [0.4, 0.5) is 11.9 Å². The highest BCUT2D eigenvalue weighted by atomic mass is 32.1. The maximum Gasteiger partial charge on any atom is 0.258 e. The highest BCUT2D eigenvalue weighted by Crippen LogP contribution is 2.19. The number of nitrogens with one attached hydrogen (secondary N) is 1. The molecule has 19 heavy (non-hydrogen) atoms. The molecule has 0 aromatic carbocycles. The van der Waals surface area contributed by atoms with E-state index < -0.39 is 0 Å². The molecule has 1 aromatic heterocycles. The van der Waals surface area contributed by atoms with Crippen LogP contribution in [-0.4, -0.2) is 64.1 Å². The molecule has 2 aliphatic heterocycles. The molecular formula is C10H15N7OS. The lowest BCUT2D eigenvalue weighted by molar-refractivity contribution is 0.122. The van der Waals surface area contributed by atoms with Gasteiger partial charge in [0.05, 0.1) is 13.2 Å². The summed E-state index contributed by atoms with van der Waals surface area (Å²) in [5.74, 6) is 1.87. The van der Waals surface area contributed by atoms with Gasteiger partial charge in [-0.05, 0) is 19.1 Å². The first-order valence-electron chi connectivity index (χ1n) is 6.05. The van der Waals surface area contributed by atoms with Crippen molar-refractivity contribution >= 4 is 35.1 Å². The molecule has 9 heteroatoms. The van der Waals surface area contributed by atoms with Gasteiger partial charge >= 0.3 is 0 Å². The number of hydrogen-bond acceptors (Lipinski definition) is 7. The zero-order valence-corrected chi connectivity index (χ0v) is 11.6. The Bertz CT molecular complexity index is 534. The summed E-state index contributed by atoms with van der Waals surface area (Å²) in [6.45, 7) is 4.81. The molecule has 1 saturated heterocycles. The first-order valence-corrected chi connectivity index (χ1v) is 6.46. The van der Waals surface area contributed by atoms with E-state index in [4.69, 9.17) is 17.0 Å². The molecule has 1 N–H and O–H groups in total. The number of morpholine rings is 1. The van der Waals surface area contributed by atoms with Gasteiger partial charge in [-0.3, -0.25) is 10.4 Å². The second-order valence-corrected chi connectivity index (χ2v) is 4.74. The molecule has 0 spiro atoms. The van der Waals surface area contributed by atoms with Crippen LogP contribution in [0.15, 0.2) is 4.99 Å². The fourth-order valence-corrected chi connectivity index (χ4v) is 2.17. The zero-order valence-electron chi connectivity index (χ0n) is 10.8. The number of nitrogens with zero attached hydrogens (tertiary/aromatic N) is 6. The lowest BCUT2D eigenvalue weighted by Crippen LogP contribution is -2.43. The maximum atomic E-state index is 5.34. The van der Waals surface area contributed by atoms with Crippen molar-refractivity contribution in [3.63, 3.8) is 0 Å². The summed E-state index contributed by atoms with van der Waals surface area (Å²) in [6.07, 6.45) is 0. The van der Waals surface area contributed by atoms with Gasteiger partial charge in [0.25, 0.3) is 5.95 Å². The van der Waals surface area contributed by atoms with E-state index in [0.29, 0.717) is 30.2 Å². The molecule has 1 fully saturated rings. The van der Waals surface area contributed by atoms with E-state index in [1.54, 1.807) is 9.69 Å². The fraction of sp³-hybridized carbons (Fsp3) is 0.600. The molecule has 2 aliphatic rings. The summed E-state index contributed by atoms with van der Waals surface area (Å²) < 4.78 is 6.90. The van der Waals surface area contributed by atoms with Gasteiger partial charge in [0, 0.05) is 20.1 Å². The average Bonchev–Trinajstić information content (AvgIpc) is 2.78. The molecule has 0 atom stereocenters. The van der Waals surface area contributed by atoms with E-state index in [0.717, 1.165) is 18.9 Å². The van der Waals surface area contributed by atoms with Crippen LogP contribution in [0.1, 0.15) is 6.92 Å².